The van der Waals surface area contributed by atoms with Gasteiger partial charge in [-0.2, -0.15) is 0 Å². The van der Waals surface area contributed by atoms with Gasteiger partial charge >= 0.3 is 0 Å². The molecule has 31 heavy (non-hydrogen) atoms. The fourth-order valence-corrected chi connectivity index (χ4v) is 5.18. The van der Waals surface area contributed by atoms with Crippen molar-refractivity contribution < 1.29 is 4.79 Å². The van der Waals surface area contributed by atoms with Gasteiger partial charge in [-0.05, 0) is 67.0 Å². The zero-order valence-electron chi connectivity index (χ0n) is 17.4. The Morgan fingerprint density at radius 2 is 1.97 bits per heavy atom. The minimum Gasteiger partial charge on any atom is -0.325 e. The van der Waals surface area contributed by atoms with Crippen LogP contribution in [0.1, 0.15) is 29.5 Å². The molecule has 1 aliphatic carbocycles. The highest BCUT2D eigenvalue weighted by Gasteiger charge is 2.17. The van der Waals surface area contributed by atoms with Gasteiger partial charge < -0.3 is 5.32 Å². The van der Waals surface area contributed by atoms with Crippen LogP contribution in [0, 0.1) is 6.92 Å². The molecule has 0 saturated carbocycles. The van der Waals surface area contributed by atoms with E-state index in [1.165, 1.54) is 46.2 Å². The lowest BCUT2D eigenvalue weighted by Gasteiger charge is -2.16. The first kappa shape index (κ1) is 19.7. The Hall–Kier alpha value is -3.25. The molecular weight excluding hydrogens is 406 g/mol. The van der Waals surface area contributed by atoms with Crippen LogP contribution in [-0.4, -0.2) is 15.5 Å². The number of anilines is 1. The summed E-state index contributed by atoms with van der Waals surface area (Å²) in [5.74, 6) is -0.251. The van der Waals surface area contributed by atoms with E-state index in [0.717, 1.165) is 35.2 Å². The number of nitrogens with zero attached hydrogens (tertiary/aromatic N) is 2. The monoisotopic (exact) mass is 429 g/mol. The van der Waals surface area contributed by atoms with Crippen molar-refractivity contribution in [2.75, 3.05) is 5.32 Å². The molecule has 5 nitrogen and oxygen atoms in total. The molecule has 156 valence electrons. The normalized spacial score (nSPS) is 13.2. The van der Waals surface area contributed by atoms with Gasteiger partial charge in [0.15, 0.2) is 0 Å². The molecule has 6 heteroatoms. The van der Waals surface area contributed by atoms with Gasteiger partial charge in [-0.3, -0.25) is 14.2 Å². The molecule has 1 N–H and O–H groups in total. The Morgan fingerprint density at radius 3 is 2.81 bits per heavy atom. The van der Waals surface area contributed by atoms with Gasteiger partial charge in [-0.15, -0.1) is 11.3 Å². The summed E-state index contributed by atoms with van der Waals surface area (Å²) in [5.41, 5.74) is 6.34. The number of aromatic nitrogens is 2. The maximum Gasteiger partial charge on any atom is 0.263 e. The molecule has 4 aromatic rings. The van der Waals surface area contributed by atoms with Crippen LogP contribution in [0.4, 0.5) is 5.69 Å². The summed E-state index contributed by atoms with van der Waals surface area (Å²) in [4.78, 5) is 31.0. The third-order valence-electron chi connectivity index (χ3n) is 5.84. The summed E-state index contributed by atoms with van der Waals surface area (Å²) in [5, 5.41) is 5.45. The summed E-state index contributed by atoms with van der Waals surface area (Å²) < 4.78 is 1.39. The zero-order chi connectivity index (χ0) is 21.4. The van der Waals surface area contributed by atoms with E-state index in [1.807, 2.05) is 36.6 Å². The SMILES string of the molecule is Cc1cccc(NC(=O)Cn2cnc3scc(-c4ccc5c(c4)CCCC5)c3c2=O)c1. The zero-order valence-corrected chi connectivity index (χ0v) is 18.2. The van der Waals surface area contributed by atoms with Crippen molar-refractivity contribution in [2.45, 2.75) is 39.2 Å². The maximum absolute atomic E-state index is 13.3. The van der Waals surface area contributed by atoms with Crippen molar-refractivity contribution in [1.29, 1.82) is 0 Å². The smallest absolute Gasteiger partial charge is 0.263 e. The maximum atomic E-state index is 13.3. The highest BCUT2D eigenvalue weighted by molar-refractivity contribution is 7.17. The van der Waals surface area contributed by atoms with Crippen LogP contribution in [0.15, 0.2) is 59.0 Å². The van der Waals surface area contributed by atoms with Crippen molar-refractivity contribution in [3.8, 4) is 11.1 Å². The summed E-state index contributed by atoms with van der Waals surface area (Å²) >= 11 is 1.47. The van der Waals surface area contributed by atoms with Crippen LogP contribution in [0.25, 0.3) is 21.3 Å². The molecule has 0 saturated heterocycles. The largest absolute Gasteiger partial charge is 0.325 e. The van der Waals surface area contributed by atoms with Crippen LogP contribution in [0.2, 0.25) is 0 Å². The van der Waals surface area contributed by atoms with Gasteiger partial charge in [0.2, 0.25) is 5.91 Å². The van der Waals surface area contributed by atoms with Crippen molar-refractivity contribution in [3.63, 3.8) is 0 Å². The van der Waals surface area contributed by atoms with E-state index in [9.17, 15) is 9.59 Å². The predicted octanol–water partition coefficient (Wildman–Crippen LogP) is 4.95. The summed E-state index contributed by atoms with van der Waals surface area (Å²) in [6.45, 7) is 1.89. The summed E-state index contributed by atoms with van der Waals surface area (Å²) in [7, 11) is 0. The molecule has 1 amide bonds. The van der Waals surface area contributed by atoms with Crippen molar-refractivity contribution in [1.82, 2.24) is 9.55 Å². The second-order valence-corrected chi connectivity index (χ2v) is 8.97. The number of hydrogen-bond acceptors (Lipinski definition) is 4. The molecule has 5 rings (SSSR count). The summed E-state index contributed by atoms with van der Waals surface area (Å²) in [6, 6.07) is 14.1. The molecule has 2 heterocycles. The van der Waals surface area contributed by atoms with Gasteiger partial charge in [-0.1, -0.05) is 30.3 Å². The van der Waals surface area contributed by atoms with Crippen LogP contribution < -0.4 is 10.9 Å². The van der Waals surface area contributed by atoms with Crippen LogP contribution in [0.3, 0.4) is 0 Å². The van der Waals surface area contributed by atoms with Gasteiger partial charge in [0, 0.05) is 16.6 Å². The van der Waals surface area contributed by atoms with E-state index < -0.39 is 0 Å². The topological polar surface area (TPSA) is 64.0 Å². The molecule has 0 radical (unpaired) electrons. The number of rotatable bonds is 4. The third-order valence-corrected chi connectivity index (χ3v) is 6.72. The molecule has 0 aliphatic heterocycles. The van der Waals surface area contributed by atoms with Gasteiger partial charge in [-0.25, -0.2) is 4.98 Å². The quantitative estimate of drug-likeness (QED) is 0.499. The fourth-order valence-electron chi connectivity index (χ4n) is 4.27. The van der Waals surface area contributed by atoms with E-state index in [1.54, 1.807) is 0 Å². The van der Waals surface area contributed by atoms with Crippen molar-refractivity contribution in [2.24, 2.45) is 0 Å². The standard InChI is InChI=1S/C25H23N3O2S/c1-16-5-4-8-20(11-16)27-22(29)13-28-15-26-24-23(25(28)30)21(14-31-24)19-10-9-17-6-2-3-7-18(17)12-19/h4-5,8-12,14-15H,2-3,6-7,13H2,1H3,(H,27,29). The average molecular weight is 430 g/mol. The van der Waals surface area contributed by atoms with E-state index in [0.29, 0.717) is 10.2 Å². The number of benzene rings is 2. The lowest BCUT2D eigenvalue weighted by Crippen LogP contribution is -2.27. The molecule has 0 unspecified atom stereocenters. The molecule has 0 atom stereocenters. The number of hydrogen-bond donors (Lipinski definition) is 1. The van der Waals surface area contributed by atoms with Crippen LogP contribution in [0.5, 0.6) is 0 Å². The van der Waals surface area contributed by atoms with Gasteiger partial charge in [0.05, 0.1) is 11.7 Å². The number of carbonyl (C=O) groups excluding carboxylic acids is 1. The average Bonchev–Trinajstić information content (AvgIpc) is 3.20. The first-order chi connectivity index (χ1) is 15.1. The predicted molar refractivity (Wildman–Crippen MR) is 126 cm³/mol. The van der Waals surface area contributed by atoms with Gasteiger partial charge in [0.1, 0.15) is 11.4 Å². The van der Waals surface area contributed by atoms with Crippen LogP contribution in [-0.2, 0) is 24.2 Å². The second kappa shape index (κ2) is 8.12. The highest BCUT2D eigenvalue weighted by Crippen LogP contribution is 2.33. The number of thiophene rings is 1. The van der Waals surface area contributed by atoms with Crippen molar-refractivity contribution >= 4 is 33.1 Å². The lowest BCUT2D eigenvalue weighted by molar-refractivity contribution is -0.116. The Morgan fingerprint density at radius 1 is 1.13 bits per heavy atom. The third kappa shape index (κ3) is 3.91. The van der Waals surface area contributed by atoms with E-state index in [2.05, 4.69) is 28.5 Å². The molecule has 2 aromatic heterocycles. The number of aryl methyl sites for hydroxylation is 3. The number of carbonyl (C=O) groups is 1. The minimum atomic E-state index is -0.251. The Balaban J connectivity index is 1.47. The molecule has 2 aromatic carbocycles. The Labute approximate surface area is 184 Å². The number of amides is 1. The lowest BCUT2D eigenvalue weighted by atomic mass is 9.89. The minimum absolute atomic E-state index is 0.0742. The number of fused-ring (bicyclic) bond motifs is 2. The van der Waals surface area contributed by atoms with E-state index in [4.69, 9.17) is 0 Å². The van der Waals surface area contributed by atoms with Gasteiger partial charge in [0.25, 0.3) is 5.56 Å². The van der Waals surface area contributed by atoms with E-state index >= 15 is 0 Å². The second-order valence-electron chi connectivity index (χ2n) is 8.12. The fraction of sp³-hybridized carbons (Fsp3) is 0.240. The molecular formula is C25H23N3O2S. The Kier molecular flexibility index (Phi) is 5.16. The molecule has 0 fully saturated rings. The molecule has 0 spiro atoms. The highest BCUT2D eigenvalue weighted by atomic mass is 32.1. The number of nitrogens with one attached hydrogen (secondary N) is 1. The van der Waals surface area contributed by atoms with Crippen LogP contribution >= 0.6 is 11.3 Å². The summed E-state index contributed by atoms with van der Waals surface area (Å²) in [6.07, 6.45) is 6.14. The van der Waals surface area contributed by atoms with E-state index in [-0.39, 0.29) is 18.0 Å². The van der Waals surface area contributed by atoms with Crippen molar-refractivity contribution in [3.05, 3.63) is 81.2 Å². The first-order valence-electron chi connectivity index (χ1n) is 10.5. The first-order valence-corrected chi connectivity index (χ1v) is 11.4. The molecule has 1 aliphatic rings. The molecule has 0 bridgehead atoms. The Bertz CT molecular complexity index is 1350.